The molecule has 1 rings (SSSR count). The first-order chi connectivity index (χ1) is 6.80. The lowest BCUT2D eigenvalue weighted by atomic mass is 10.0. The van der Waals surface area contributed by atoms with Crippen LogP contribution in [0.4, 0.5) is 13.2 Å². The Hall–Kier alpha value is -0.550. The van der Waals surface area contributed by atoms with Gasteiger partial charge in [0, 0.05) is 4.47 Å². The van der Waals surface area contributed by atoms with E-state index in [1.807, 2.05) is 6.92 Å². The van der Waals surface area contributed by atoms with Crippen molar-refractivity contribution in [1.82, 2.24) is 0 Å². The average molecular weight is 282 g/mol. The van der Waals surface area contributed by atoms with Crippen molar-refractivity contribution in [3.8, 4) is 0 Å². The molecule has 2 N–H and O–H groups in total. The Balaban J connectivity index is 2.78. The van der Waals surface area contributed by atoms with Crippen LogP contribution in [0.15, 0.2) is 22.7 Å². The van der Waals surface area contributed by atoms with Gasteiger partial charge in [0.15, 0.2) is 0 Å². The summed E-state index contributed by atoms with van der Waals surface area (Å²) in [5.41, 5.74) is 6.54. The van der Waals surface area contributed by atoms with E-state index in [4.69, 9.17) is 5.73 Å². The highest BCUT2D eigenvalue weighted by atomic mass is 79.9. The SMILES string of the molecule is Cc1cc(CC(N)C(F)(F)F)ccc1Br. The molecule has 84 valence electrons. The molecule has 0 saturated carbocycles. The van der Waals surface area contributed by atoms with Crippen molar-refractivity contribution in [3.63, 3.8) is 0 Å². The first-order valence-corrected chi connectivity index (χ1v) is 5.17. The molecule has 1 nitrogen and oxygen atoms in total. The molecule has 15 heavy (non-hydrogen) atoms. The monoisotopic (exact) mass is 281 g/mol. The third-order valence-corrected chi connectivity index (χ3v) is 2.99. The fourth-order valence-electron chi connectivity index (χ4n) is 1.20. The summed E-state index contributed by atoms with van der Waals surface area (Å²) >= 11 is 3.28. The summed E-state index contributed by atoms with van der Waals surface area (Å²) in [5.74, 6) is 0. The predicted molar refractivity (Wildman–Crippen MR) is 56.6 cm³/mol. The highest BCUT2D eigenvalue weighted by molar-refractivity contribution is 9.10. The molecule has 0 spiro atoms. The van der Waals surface area contributed by atoms with Gasteiger partial charge in [-0.05, 0) is 30.5 Å². The maximum absolute atomic E-state index is 12.2. The molecule has 0 aliphatic heterocycles. The van der Waals surface area contributed by atoms with Gasteiger partial charge in [-0.25, -0.2) is 0 Å². The molecule has 0 saturated heterocycles. The number of hydrogen-bond acceptors (Lipinski definition) is 1. The molecule has 5 heteroatoms. The largest absolute Gasteiger partial charge is 0.403 e. The molecule has 0 amide bonds. The predicted octanol–water partition coefficient (Wildman–Crippen LogP) is 3.19. The topological polar surface area (TPSA) is 26.0 Å². The highest BCUT2D eigenvalue weighted by Crippen LogP contribution is 2.23. The summed E-state index contributed by atoms with van der Waals surface area (Å²) in [5, 5.41) is 0. The van der Waals surface area contributed by atoms with E-state index in [9.17, 15) is 13.2 Å². The zero-order chi connectivity index (χ0) is 11.6. The van der Waals surface area contributed by atoms with Crippen LogP contribution in [0.25, 0.3) is 0 Å². The first kappa shape index (κ1) is 12.5. The molecule has 1 atom stereocenters. The Bertz CT molecular complexity index is 349. The van der Waals surface area contributed by atoms with Gasteiger partial charge in [0.25, 0.3) is 0 Å². The number of hydrogen-bond donors (Lipinski definition) is 1. The van der Waals surface area contributed by atoms with Crippen LogP contribution in [-0.4, -0.2) is 12.2 Å². The Labute approximate surface area is 94.6 Å². The van der Waals surface area contributed by atoms with Gasteiger partial charge in [0.05, 0.1) is 0 Å². The first-order valence-electron chi connectivity index (χ1n) is 4.38. The molecule has 0 heterocycles. The van der Waals surface area contributed by atoms with E-state index in [0.717, 1.165) is 10.0 Å². The summed E-state index contributed by atoms with van der Waals surface area (Å²) < 4.78 is 37.4. The van der Waals surface area contributed by atoms with Gasteiger partial charge in [-0.1, -0.05) is 28.1 Å². The van der Waals surface area contributed by atoms with E-state index < -0.39 is 12.2 Å². The lowest BCUT2D eigenvalue weighted by molar-refractivity contribution is -0.147. The minimum atomic E-state index is -4.33. The molecule has 1 aromatic rings. The van der Waals surface area contributed by atoms with Crippen LogP contribution in [0.5, 0.6) is 0 Å². The maximum Gasteiger partial charge on any atom is 0.403 e. The lowest BCUT2D eigenvalue weighted by Gasteiger charge is -2.15. The number of nitrogens with two attached hydrogens (primary N) is 1. The van der Waals surface area contributed by atoms with Gasteiger partial charge in [0.1, 0.15) is 6.04 Å². The van der Waals surface area contributed by atoms with Gasteiger partial charge in [0.2, 0.25) is 0 Å². The number of aryl methyl sites for hydroxylation is 1. The van der Waals surface area contributed by atoms with Crippen molar-refractivity contribution < 1.29 is 13.2 Å². The molecule has 0 aromatic heterocycles. The smallest absolute Gasteiger partial charge is 0.320 e. The normalized spacial score (nSPS) is 14.0. The van der Waals surface area contributed by atoms with E-state index >= 15 is 0 Å². The van der Waals surface area contributed by atoms with E-state index in [1.54, 1.807) is 18.2 Å². The molecule has 0 bridgehead atoms. The van der Waals surface area contributed by atoms with Crippen LogP contribution < -0.4 is 5.73 Å². The minimum absolute atomic E-state index is 0.183. The Morgan fingerprint density at radius 1 is 1.40 bits per heavy atom. The second-order valence-corrected chi connectivity index (χ2v) is 4.29. The summed E-state index contributed by atoms with van der Waals surface area (Å²) in [4.78, 5) is 0. The van der Waals surface area contributed by atoms with Crippen LogP contribution >= 0.6 is 15.9 Å². The van der Waals surface area contributed by atoms with Crippen molar-refractivity contribution in [2.24, 2.45) is 5.73 Å². The maximum atomic E-state index is 12.2. The van der Waals surface area contributed by atoms with Crippen LogP contribution in [0, 0.1) is 6.92 Å². The lowest BCUT2D eigenvalue weighted by Crippen LogP contribution is -2.39. The summed E-state index contributed by atoms with van der Waals surface area (Å²) in [6.07, 6.45) is -4.52. The zero-order valence-electron chi connectivity index (χ0n) is 8.11. The van der Waals surface area contributed by atoms with Crippen molar-refractivity contribution >= 4 is 15.9 Å². The second kappa shape index (κ2) is 4.53. The van der Waals surface area contributed by atoms with Gasteiger partial charge < -0.3 is 5.73 Å². The van der Waals surface area contributed by atoms with Crippen molar-refractivity contribution in [1.29, 1.82) is 0 Å². The molecule has 0 aliphatic rings. The van der Waals surface area contributed by atoms with Gasteiger partial charge in [-0.2, -0.15) is 13.2 Å². The molecule has 0 radical (unpaired) electrons. The van der Waals surface area contributed by atoms with Gasteiger partial charge in [-0.3, -0.25) is 0 Å². The van der Waals surface area contributed by atoms with E-state index in [-0.39, 0.29) is 6.42 Å². The summed E-state index contributed by atoms with van der Waals surface area (Å²) in [7, 11) is 0. The average Bonchev–Trinajstić information content (AvgIpc) is 2.10. The Morgan fingerprint density at radius 3 is 2.47 bits per heavy atom. The molecule has 1 aromatic carbocycles. The van der Waals surface area contributed by atoms with Crippen LogP contribution in [-0.2, 0) is 6.42 Å². The van der Waals surface area contributed by atoms with Crippen molar-refractivity contribution in [2.75, 3.05) is 0 Å². The van der Waals surface area contributed by atoms with E-state index in [2.05, 4.69) is 15.9 Å². The molecule has 0 aliphatic carbocycles. The number of halogens is 4. The van der Waals surface area contributed by atoms with Crippen LogP contribution in [0.3, 0.4) is 0 Å². The standard InChI is InChI=1S/C10H11BrF3N/c1-6-4-7(2-3-8(6)11)5-9(15)10(12,13)14/h2-4,9H,5,15H2,1H3. The molecule has 0 fully saturated rings. The third kappa shape index (κ3) is 3.50. The fourth-order valence-corrected chi connectivity index (χ4v) is 1.45. The van der Waals surface area contributed by atoms with Crippen molar-refractivity contribution in [2.45, 2.75) is 25.6 Å². The third-order valence-electron chi connectivity index (χ3n) is 2.10. The van der Waals surface area contributed by atoms with Crippen LogP contribution in [0.1, 0.15) is 11.1 Å². The van der Waals surface area contributed by atoms with E-state index in [0.29, 0.717) is 5.56 Å². The Morgan fingerprint density at radius 2 is 2.00 bits per heavy atom. The quantitative estimate of drug-likeness (QED) is 0.885. The highest BCUT2D eigenvalue weighted by Gasteiger charge is 2.36. The summed E-state index contributed by atoms with van der Waals surface area (Å²) in [6, 6.07) is 3.28. The zero-order valence-corrected chi connectivity index (χ0v) is 9.69. The minimum Gasteiger partial charge on any atom is -0.320 e. The van der Waals surface area contributed by atoms with E-state index in [1.165, 1.54) is 0 Å². The van der Waals surface area contributed by atoms with Crippen molar-refractivity contribution in [3.05, 3.63) is 33.8 Å². The second-order valence-electron chi connectivity index (χ2n) is 3.44. The van der Waals surface area contributed by atoms with Gasteiger partial charge >= 0.3 is 6.18 Å². The van der Waals surface area contributed by atoms with Crippen LogP contribution in [0.2, 0.25) is 0 Å². The number of benzene rings is 1. The molecular weight excluding hydrogens is 271 g/mol. The number of rotatable bonds is 2. The molecule has 1 unspecified atom stereocenters. The molecular formula is C10H11BrF3N. The summed E-state index contributed by atoms with van der Waals surface area (Å²) in [6.45, 7) is 1.83. The Kier molecular flexibility index (Phi) is 3.78. The number of alkyl halides is 3. The fraction of sp³-hybridized carbons (Fsp3) is 0.400. The van der Waals surface area contributed by atoms with Gasteiger partial charge in [-0.15, -0.1) is 0 Å².